The zero-order valence-corrected chi connectivity index (χ0v) is 15.7. The van der Waals surface area contributed by atoms with Crippen LogP contribution in [-0.2, 0) is 6.54 Å². The van der Waals surface area contributed by atoms with E-state index >= 15 is 0 Å². The molecule has 6 nitrogen and oxygen atoms in total. The summed E-state index contributed by atoms with van der Waals surface area (Å²) in [6, 6.07) is 8.35. The lowest BCUT2D eigenvalue weighted by Crippen LogP contribution is -2.23. The van der Waals surface area contributed by atoms with Gasteiger partial charge in [0.1, 0.15) is 0 Å². The van der Waals surface area contributed by atoms with Crippen LogP contribution < -0.4 is 0 Å². The maximum absolute atomic E-state index is 5.57. The van der Waals surface area contributed by atoms with Crippen LogP contribution in [0.15, 0.2) is 28.7 Å². The van der Waals surface area contributed by atoms with Crippen LogP contribution in [0.2, 0.25) is 0 Å². The van der Waals surface area contributed by atoms with Crippen LogP contribution >= 0.6 is 0 Å². The first-order valence-electron chi connectivity index (χ1n) is 8.49. The lowest BCUT2D eigenvalue weighted by molar-refractivity contribution is 0.214. The van der Waals surface area contributed by atoms with Gasteiger partial charge in [0.05, 0.1) is 17.4 Å². The fourth-order valence-electron chi connectivity index (χ4n) is 2.99. The summed E-state index contributed by atoms with van der Waals surface area (Å²) in [6.45, 7) is 10.9. The Kier molecular flexibility index (Phi) is 4.72. The number of benzene rings is 1. The summed E-state index contributed by atoms with van der Waals surface area (Å²) < 4.78 is 7.61. The smallest absolute Gasteiger partial charge is 0.233 e. The molecule has 0 saturated carbocycles. The van der Waals surface area contributed by atoms with Crippen LogP contribution in [-0.4, -0.2) is 31.9 Å². The molecule has 2 aromatic heterocycles. The minimum absolute atomic E-state index is 0.0433. The zero-order chi connectivity index (χ0) is 18.1. The van der Waals surface area contributed by atoms with Crippen LogP contribution in [0.3, 0.4) is 0 Å². The van der Waals surface area contributed by atoms with E-state index in [-0.39, 0.29) is 6.04 Å². The summed E-state index contributed by atoms with van der Waals surface area (Å²) in [6.07, 6.45) is 0. The van der Waals surface area contributed by atoms with Crippen molar-refractivity contribution >= 4 is 0 Å². The van der Waals surface area contributed by atoms with Crippen LogP contribution in [0, 0.1) is 27.7 Å². The molecule has 0 bridgehead atoms. The predicted molar refractivity (Wildman–Crippen MR) is 96.7 cm³/mol. The number of aryl methyl sites for hydroxylation is 3. The van der Waals surface area contributed by atoms with Crippen LogP contribution in [0.1, 0.15) is 47.3 Å². The average Bonchev–Trinajstić information content (AvgIpc) is 3.13. The third-order valence-corrected chi connectivity index (χ3v) is 4.75. The third-order valence-electron chi connectivity index (χ3n) is 4.75. The van der Waals surface area contributed by atoms with Crippen molar-refractivity contribution in [3.8, 4) is 5.69 Å². The van der Waals surface area contributed by atoms with Crippen molar-refractivity contribution in [2.24, 2.45) is 0 Å². The molecule has 0 amide bonds. The van der Waals surface area contributed by atoms with E-state index in [2.05, 4.69) is 62.0 Å². The molecule has 2 heterocycles. The van der Waals surface area contributed by atoms with Crippen LogP contribution in [0.4, 0.5) is 0 Å². The van der Waals surface area contributed by atoms with Gasteiger partial charge >= 0.3 is 0 Å². The number of nitrogens with zero attached hydrogens (tertiary/aromatic N) is 5. The van der Waals surface area contributed by atoms with Crippen LogP contribution in [0.25, 0.3) is 5.69 Å². The van der Waals surface area contributed by atoms with E-state index in [1.807, 2.05) is 23.7 Å². The van der Waals surface area contributed by atoms with E-state index in [1.54, 1.807) is 0 Å². The molecule has 0 spiro atoms. The summed E-state index contributed by atoms with van der Waals surface area (Å²) in [5, 5.41) is 12.8. The van der Waals surface area contributed by atoms with E-state index in [9.17, 15) is 0 Å². The Labute approximate surface area is 148 Å². The monoisotopic (exact) mass is 339 g/mol. The van der Waals surface area contributed by atoms with Gasteiger partial charge in [-0.3, -0.25) is 4.90 Å². The Balaban J connectivity index is 1.87. The topological polar surface area (TPSA) is 60.0 Å². The first kappa shape index (κ1) is 17.4. The fraction of sp³-hybridized carbons (Fsp3) is 0.421. The summed E-state index contributed by atoms with van der Waals surface area (Å²) in [5.41, 5.74) is 5.77. The first-order valence-corrected chi connectivity index (χ1v) is 8.49. The molecule has 132 valence electrons. The minimum Gasteiger partial charge on any atom is -0.424 e. The van der Waals surface area contributed by atoms with Gasteiger partial charge < -0.3 is 4.42 Å². The first-order chi connectivity index (χ1) is 11.9. The van der Waals surface area contributed by atoms with Gasteiger partial charge in [0.2, 0.25) is 11.8 Å². The van der Waals surface area contributed by atoms with Gasteiger partial charge in [0.15, 0.2) is 0 Å². The van der Waals surface area contributed by atoms with E-state index in [0.29, 0.717) is 11.8 Å². The standard InChI is InChI=1S/C19H25N5O/c1-12-9-7-8-10-18(12)24-14(3)17(13(2)22-24)11-23(6)15(4)19-21-20-16(5)25-19/h7-10,15H,11H2,1-6H3/t15-/m1/s1. The Morgan fingerprint density at radius 3 is 2.48 bits per heavy atom. The molecule has 0 aliphatic rings. The highest BCUT2D eigenvalue weighted by Gasteiger charge is 2.21. The number of rotatable bonds is 5. The van der Waals surface area contributed by atoms with Crippen molar-refractivity contribution in [2.45, 2.75) is 47.2 Å². The minimum atomic E-state index is 0.0433. The second-order valence-electron chi connectivity index (χ2n) is 6.60. The van der Waals surface area contributed by atoms with Gasteiger partial charge in [-0.25, -0.2) is 4.68 Å². The highest BCUT2D eigenvalue weighted by atomic mass is 16.4. The summed E-state index contributed by atoms with van der Waals surface area (Å²) in [7, 11) is 2.06. The van der Waals surface area contributed by atoms with Gasteiger partial charge in [0.25, 0.3) is 0 Å². The highest BCUT2D eigenvalue weighted by Crippen LogP contribution is 2.24. The molecule has 0 aliphatic heterocycles. The molecule has 0 aliphatic carbocycles. The van der Waals surface area contributed by atoms with Gasteiger partial charge in [-0.05, 0) is 46.4 Å². The molecule has 6 heteroatoms. The third kappa shape index (κ3) is 3.35. The van der Waals surface area contributed by atoms with Crippen molar-refractivity contribution in [1.82, 2.24) is 24.9 Å². The Morgan fingerprint density at radius 1 is 1.12 bits per heavy atom. The maximum Gasteiger partial charge on any atom is 0.233 e. The second-order valence-corrected chi connectivity index (χ2v) is 6.60. The second kappa shape index (κ2) is 6.80. The largest absolute Gasteiger partial charge is 0.424 e. The lowest BCUT2D eigenvalue weighted by atomic mass is 10.1. The fourth-order valence-corrected chi connectivity index (χ4v) is 2.99. The molecule has 0 unspecified atom stereocenters. The molecule has 0 N–H and O–H groups in total. The van der Waals surface area contributed by atoms with Crippen LogP contribution in [0.5, 0.6) is 0 Å². The number of hydrogen-bond acceptors (Lipinski definition) is 5. The zero-order valence-electron chi connectivity index (χ0n) is 15.7. The predicted octanol–water partition coefficient (Wildman–Crippen LogP) is 3.68. The molecular weight excluding hydrogens is 314 g/mol. The van der Waals surface area contributed by atoms with Crippen molar-refractivity contribution in [3.05, 3.63) is 58.6 Å². The van der Waals surface area contributed by atoms with E-state index in [1.165, 1.54) is 11.1 Å². The van der Waals surface area contributed by atoms with E-state index in [4.69, 9.17) is 9.52 Å². The molecular formula is C19H25N5O. The molecule has 1 atom stereocenters. The normalized spacial score (nSPS) is 12.8. The van der Waals surface area contributed by atoms with Gasteiger partial charge in [-0.2, -0.15) is 5.10 Å². The summed E-state index contributed by atoms with van der Waals surface area (Å²) in [4.78, 5) is 2.20. The molecule has 0 saturated heterocycles. The number of para-hydroxylation sites is 1. The quantitative estimate of drug-likeness (QED) is 0.709. The number of hydrogen-bond donors (Lipinski definition) is 0. The molecule has 1 aromatic carbocycles. The van der Waals surface area contributed by atoms with Crippen molar-refractivity contribution < 1.29 is 4.42 Å². The van der Waals surface area contributed by atoms with E-state index < -0.39 is 0 Å². The summed E-state index contributed by atoms with van der Waals surface area (Å²) >= 11 is 0. The van der Waals surface area contributed by atoms with Crippen molar-refractivity contribution in [3.63, 3.8) is 0 Å². The molecule has 25 heavy (non-hydrogen) atoms. The molecule has 0 fully saturated rings. The Morgan fingerprint density at radius 2 is 1.84 bits per heavy atom. The molecule has 3 rings (SSSR count). The van der Waals surface area contributed by atoms with E-state index in [0.717, 1.165) is 23.6 Å². The van der Waals surface area contributed by atoms with Crippen molar-refractivity contribution in [1.29, 1.82) is 0 Å². The Bertz CT molecular complexity index is 880. The molecule has 3 aromatic rings. The maximum atomic E-state index is 5.57. The lowest BCUT2D eigenvalue weighted by Gasteiger charge is -2.22. The SMILES string of the molecule is Cc1nnc([C@@H](C)N(C)Cc2c(C)nn(-c3ccccc3C)c2C)o1. The molecule has 0 radical (unpaired) electrons. The summed E-state index contributed by atoms with van der Waals surface area (Å²) in [5.74, 6) is 1.23. The number of aromatic nitrogens is 4. The van der Waals surface area contributed by atoms with Gasteiger partial charge in [-0.15, -0.1) is 10.2 Å². The Hall–Kier alpha value is -2.47. The highest BCUT2D eigenvalue weighted by molar-refractivity contribution is 5.42. The van der Waals surface area contributed by atoms with Gasteiger partial charge in [-0.1, -0.05) is 18.2 Å². The van der Waals surface area contributed by atoms with Crippen molar-refractivity contribution in [2.75, 3.05) is 7.05 Å². The average molecular weight is 339 g/mol. The van der Waals surface area contributed by atoms with Gasteiger partial charge in [0, 0.05) is 24.7 Å².